The Bertz CT molecular complexity index is 994. The van der Waals surface area contributed by atoms with Crippen molar-refractivity contribution in [1.29, 1.82) is 0 Å². The zero-order valence-electron chi connectivity index (χ0n) is 14.9. The largest absolute Gasteiger partial charge is 0.365 e. The Morgan fingerprint density at radius 1 is 1.21 bits per heavy atom. The number of carbonyl (C=O) groups excluding carboxylic acids is 1. The van der Waals surface area contributed by atoms with Crippen LogP contribution in [-0.2, 0) is 14.8 Å². The van der Waals surface area contributed by atoms with E-state index in [0.717, 1.165) is 6.07 Å². The number of nitrogens with zero attached hydrogens (tertiary/aromatic N) is 2. The first-order valence-electron chi connectivity index (χ1n) is 8.68. The van der Waals surface area contributed by atoms with Crippen LogP contribution in [-0.4, -0.2) is 32.3 Å². The maximum absolute atomic E-state index is 12.6. The molecule has 1 fully saturated rings. The molecule has 2 aromatic carbocycles. The number of para-hydroxylation sites is 1. The second-order valence-electron chi connectivity index (χ2n) is 6.59. The molecule has 3 rings (SSSR count). The van der Waals surface area contributed by atoms with E-state index in [4.69, 9.17) is 5.14 Å². The van der Waals surface area contributed by atoms with Crippen LogP contribution in [0.15, 0.2) is 53.4 Å². The summed E-state index contributed by atoms with van der Waals surface area (Å²) in [6.45, 7) is 0.832. The van der Waals surface area contributed by atoms with Gasteiger partial charge in [-0.1, -0.05) is 18.2 Å². The molecule has 0 spiro atoms. The number of piperidine rings is 1. The van der Waals surface area contributed by atoms with Crippen molar-refractivity contribution in [3.05, 3.63) is 58.6 Å². The second-order valence-corrected chi connectivity index (χ2v) is 8.15. The SMILES string of the molecule is NS(=O)(=O)c1ccc(N2CCCC(C(=O)Nc3ccccc3)C2)c([N+](=O)[O-])c1. The van der Waals surface area contributed by atoms with E-state index in [-0.39, 0.29) is 28.1 Å². The summed E-state index contributed by atoms with van der Waals surface area (Å²) >= 11 is 0. The Morgan fingerprint density at radius 3 is 2.57 bits per heavy atom. The summed E-state index contributed by atoms with van der Waals surface area (Å²) in [7, 11) is -4.05. The lowest BCUT2D eigenvalue weighted by Crippen LogP contribution is -2.41. The van der Waals surface area contributed by atoms with Crippen LogP contribution in [0.25, 0.3) is 0 Å². The lowest BCUT2D eigenvalue weighted by molar-refractivity contribution is -0.384. The van der Waals surface area contributed by atoms with Gasteiger partial charge in [-0.3, -0.25) is 14.9 Å². The molecule has 0 aromatic heterocycles. The van der Waals surface area contributed by atoms with Gasteiger partial charge in [-0.15, -0.1) is 0 Å². The molecule has 1 aliphatic rings. The van der Waals surface area contributed by atoms with Gasteiger partial charge in [0.25, 0.3) is 5.69 Å². The zero-order chi connectivity index (χ0) is 20.3. The summed E-state index contributed by atoms with van der Waals surface area (Å²) in [4.78, 5) is 24.8. The van der Waals surface area contributed by atoms with Gasteiger partial charge in [-0.05, 0) is 37.1 Å². The number of primary sulfonamides is 1. The maximum Gasteiger partial charge on any atom is 0.293 e. The lowest BCUT2D eigenvalue weighted by atomic mass is 9.96. The number of nitro groups is 1. The molecule has 0 aliphatic carbocycles. The Morgan fingerprint density at radius 2 is 1.93 bits per heavy atom. The highest BCUT2D eigenvalue weighted by atomic mass is 32.2. The molecule has 0 bridgehead atoms. The standard InChI is InChI=1S/C18H20N4O5S/c19-28(26,27)15-8-9-16(17(11-15)22(24)25)21-10-4-5-13(12-21)18(23)20-14-6-2-1-3-7-14/h1-3,6-9,11,13H,4-5,10,12H2,(H,20,23)(H2,19,26,27). The molecular weight excluding hydrogens is 384 g/mol. The molecule has 1 saturated heterocycles. The molecule has 28 heavy (non-hydrogen) atoms. The van der Waals surface area contributed by atoms with E-state index >= 15 is 0 Å². The van der Waals surface area contributed by atoms with E-state index < -0.39 is 14.9 Å². The minimum Gasteiger partial charge on any atom is -0.365 e. The van der Waals surface area contributed by atoms with Gasteiger partial charge in [0.1, 0.15) is 5.69 Å². The summed E-state index contributed by atoms with van der Waals surface area (Å²) in [5.41, 5.74) is 0.610. The fourth-order valence-electron chi connectivity index (χ4n) is 3.27. The molecule has 1 amide bonds. The van der Waals surface area contributed by atoms with Crippen molar-refractivity contribution >= 4 is 33.0 Å². The Kier molecular flexibility index (Phi) is 5.61. The molecule has 9 nitrogen and oxygen atoms in total. The van der Waals surface area contributed by atoms with E-state index in [2.05, 4.69) is 5.32 Å². The third-order valence-corrected chi connectivity index (χ3v) is 5.56. The molecular formula is C18H20N4O5S. The van der Waals surface area contributed by atoms with Crippen molar-refractivity contribution in [2.45, 2.75) is 17.7 Å². The fourth-order valence-corrected chi connectivity index (χ4v) is 3.80. The molecule has 2 aromatic rings. The summed E-state index contributed by atoms with van der Waals surface area (Å²) in [5, 5.41) is 19.4. The van der Waals surface area contributed by atoms with Crippen LogP contribution in [0.1, 0.15) is 12.8 Å². The Balaban J connectivity index is 1.82. The van der Waals surface area contributed by atoms with Gasteiger partial charge in [0, 0.05) is 24.8 Å². The average molecular weight is 404 g/mol. The number of nitrogens with two attached hydrogens (primary N) is 1. The summed E-state index contributed by atoms with van der Waals surface area (Å²) < 4.78 is 23.0. The third-order valence-electron chi connectivity index (χ3n) is 4.65. The number of benzene rings is 2. The molecule has 0 radical (unpaired) electrons. The molecule has 1 atom stereocenters. The number of nitrogens with one attached hydrogen (secondary N) is 1. The lowest BCUT2D eigenvalue weighted by Gasteiger charge is -2.33. The van der Waals surface area contributed by atoms with E-state index in [1.54, 1.807) is 17.0 Å². The fraction of sp³-hybridized carbons (Fsp3) is 0.278. The molecule has 148 valence electrons. The topological polar surface area (TPSA) is 136 Å². The van der Waals surface area contributed by atoms with Crippen LogP contribution in [0.5, 0.6) is 0 Å². The van der Waals surface area contributed by atoms with Crippen molar-refractivity contribution < 1.29 is 18.1 Å². The van der Waals surface area contributed by atoms with E-state index in [1.165, 1.54) is 12.1 Å². The van der Waals surface area contributed by atoms with Gasteiger partial charge in [0.2, 0.25) is 15.9 Å². The zero-order valence-corrected chi connectivity index (χ0v) is 15.8. The van der Waals surface area contributed by atoms with Gasteiger partial charge in [-0.2, -0.15) is 0 Å². The number of hydrogen-bond donors (Lipinski definition) is 2. The van der Waals surface area contributed by atoms with Gasteiger partial charge >= 0.3 is 0 Å². The first-order valence-corrected chi connectivity index (χ1v) is 10.2. The highest BCUT2D eigenvalue weighted by Gasteiger charge is 2.30. The van der Waals surface area contributed by atoms with Crippen molar-refractivity contribution in [2.24, 2.45) is 11.1 Å². The van der Waals surface area contributed by atoms with Gasteiger partial charge in [-0.25, -0.2) is 13.6 Å². The molecule has 0 saturated carbocycles. The van der Waals surface area contributed by atoms with E-state index in [0.29, 0.717) is 31.6 Å². The number of amides is 1. The van der Waals surface area contributed by atoms with Crippen LogP contribution < -0.4 is 15.4 Å². The first-order chi connectivity index (χ1) is 13.3. The number of rotatable bonds is 5. The van der Waals surface area contributed by atoms with Gasteiger partial charge < -0.3 is 10.2 Å². The molecule has 1 heterocycles. The number of hydrogen-bond acceptors (Lipinski definition) is 6. The molecule has 1 aliphatic heterocycles. The van der Waals surface area contributed by atoms with E-state index in [1.807, 2.05) is 18.2 Å². The quantitative estimate of drug-likeness (QED) is 0.578. The molecule has 3 N–H and O–H groups in total. The monoisotopic (exact) mass is 404 g/mol. The molecule has 10 heteroatoms. The summed E-state index contributed by atoms with van der Waals surface area (Å²) in [6.07, 6.45) is 1.35. The average Bonchev–Trinajstić information content (AvgIpc) is 2.67. The second kappa shape index (κ2) is 7.95. The number of nitro benzene ring substituents is 1. The van der Waals surface area contributed by atoms with Crippen LogP contribution in [0.3, 0.4) is 0 Å². The first kappa shape index (κ1) is 19.8. The molecule has 1 unspecified atom stereocenters. The minimum absolute atomic E-state index is 0.153. The van der Waals surface area contributed by atoms with Crippen LogP contribution >= 0.6 is 0 Å². The number of carbonyl (C=O) groups is 1. The highest BCUT2D eigenvalue weighted by molar-refractivity contribution is 7.89. The van der Waals surface area contributed by atoms with Gasteiger partial charge in [0.05, 0.1) is 15.7 Å². The smallest absolute Gasteiger partial charge is 0.293 e. The number of sulfonamides is 1. The van der Waals surface area contributed by atoms with Crippen molar-refractivity contribution in [1.82, 2.24) is 0 Å². The third kappa shape index (κ3) is 4.46. The van der Waals surface area contributed by atoms with Gasteiger partial charge in [0.15, 0.2) is 0 Å². The predicted octanol–water partition coefficient (Wildman–Crippen LogP) is 2.10. The summed E-state index contributed by atoms with van der Waals surface area (Å²) in [5.74, 6) is -0.494. The van der Waals surface area contributed by atoms with Crippen molar-refractivity contribution in [3.63, 3.8) is 0 Å². The maximum atomic E-state index is 12.6. The highest BCUT2D eigenvalue weighted by Crippen LogP contribution is 2.33. The number of anilines is 2. The summed E-state index contributed by atoms with van der Waals surface area (Å²) in [6, 6.07) is 12.6. The normalized spacial score (nSPS) is 17.2. The van der Waals surface area contributed by atoms with Crippen LogP contribution in [0.2, 0.25) is 0 Å². The Labute approximate surface area is 162 Å². The van der Waals surface area contributed by atoms with Crippen LogP contribution in [0, 0.1) is 16.0 Å². The van der Waals surface area contributed by atoms with Crippen LogP contribution in [0.4, 0.5) is 17.1 Å². The minimum atomic E-state index is -4.05. The van der Waals surface area contributed by atoms with Crippen molar-refractivity contribution in [3.8, 4) is 0 Å². The Hall–Kier alpha value is -2.98. The van der Waals surface area contributed by atoms with Crippen molar-refractivity contribution in [2.75, 3.05) is 23.3 Å². The van der Waals surface area contributed by atoms with E-state index in [9.17, 15) is 23.3 Å². The predicted molar refractivity (Wildman–Crippen MR) is 104 cm³/mol.